The molecule has 0 aromatic heterocycles. The summed E-state index contributed by atoms with van der Waals surface area (Å²) in [5.74, 6) is 2.01. The van der Waals surface area contributed by atoms with Crippen molar-refractivity contribution in [2.24, 2.45) is 17.8 Å². The molecule has 0 spiro atoms. The van der Waals surface area contributed by atoms with Crippen LogP contribution in [0.3, 0.4) is 0 Å². The molecule has 0 unspecified atom stereocenters. The van der Waals surface area contributed by atoms with Crippen molar-refractivity contribution in [1.29, 1.82) is 0 Å². The lowest BCUT2D eigenvalue weighted by molar-refractivity contribution is -0.0740. The number of nitrogens with zero attached hydrogens (tertiary/aromatic N) is 2. The van der Waals surface area contributed by atoms with Crippen LogP contribution in [0.1, 0.15) is 45.6 Å². The molecule has 29 heavy (non-hydrogen) atoms. The summed E-state index contributed by atoms with van der Waals surface area (Å²) in [6.45, 7) is 14.0. The van der Waals surface area contributed by atoms with Gasteiger partial charge in [0.1, 0.15) is 0 Å². The molecule has 4 nitrogen and oxygen atoms in total. The number of aliphatic hydroxyl groups is 1. The molecule has 3 rings (SSSR count). The van der Waals surface area contributed by atoms with Gasteiger partial charge in [0, 0.05) is 43.4 Å². The maximum absolute atomic E-state index is 10.6. The largest absolute Gasteiger partial charge is 0.389 e. The minimum Gasteiger partial charge on any atom is -0.389 e. The fourth-order valence-corrected chi connectivity index (χ4v) is 5.15. The van der Waals surface area contributed by atoms with E-state index in [-0.39, 0.29) is 0 Å². The van der Waals surface area contributed by atoms with Crippen molar-refractivity contribution in [2.75, 3.05) is 44.2 Å². The zero-order valence-corrected chi connectivity index (χ0v) is 19.4. The Labute approximate surface area is 182 Å². The number of aryl methyl sites for hydroxylation is 1. The summed E-state index contributed by atoms with van der Waals surface area (Å²) in [4.78, 5) is 4.76. The number of anilines is 1. The zero-order chi connectivity index (χ0) is 21.0. The Hall–Kier alpha value is -0.810. The second kappa shape index (κ2) is 10.5. The van der Waals surface area contributed by atoms with E-state index in [0.717, 1.165) is 43.5 Å². The highest BCUT2D eigenvalue weighted by Crippen LogP contribution is 2.35. The number of piperazine rings is 1. The molecule has 4 atom stereocenters. The summed E-state index contributed by atoms with van der Waals surface area (Å²) in [6.07, 6.45) is 3.58. The highest BCUT2D eigenvalue weighted by Gasteiger charge is 2.32. The van der Waals surface area contributed by atoms with Crippen molar-refractivity contribution in [3.8, 4) is 0 Å². The Kier molecular flexibility index (Phi) is 8.26. The van der Waals surface area contributed by atoms with Gasteiger partial charge >= 0.3 is 0 Å². The number of aliphatic hydroxyl groups excluding tert-OH is 1. The van der Waals surface area contributed by atoms with Crippen LogP contribution in [0.4, 0.5) is 5.69 Å². The molecule has 1 aromatic rings. The summed E-state index contributed by atoms with van der Waals surface area (Å²) in [5, 5.41) is 11.4. The van der Waals surface area contributed by atoms with Crippen LogP contribution in [0.15, 0.2) is 18.2 Å². The van der Waals surface area contributed by atoms with Gasteiger partial charge in [-0.05, 0) is 55.2 Å². The van der Waals surface area contributed by atoms with Crippen LogP contribution in [0.5, 0.6) is 0 Å². The van der Waals surface area contributed by atoms with Crippen LogP contribution >= 0.6 is 11.6 Å². The van der Waals surface area contributed by atoms with Crippen LogP contribution < -0.4 is 4.90 Å². The van der Waals surface area contributed by atoms with Gasteiger partial charge in [0.25, 0.3) is 0 Å². The summed E-state index contributed by atoms with van der Waals surface area (Å²) in [5.41, 5.74) is 2.49. The summed E-state index contributed by atoms with van der Waals surface area (Å²) < 4.78 is 6.25. The maximum Gasteiger partial charge on any atom is 0.0900 e. The third-order valence-electron chi connectivity index (χ3n) is 6.82. The first-order valence-corrected chi connectivity index (χ1v) is 11.7. The third kappa shape index (κ3) is 6.33. The molecule has 1 heterocycles. The molecular weight excluding hydrogens is 384 g/mol. The van der Waals surface area contributed by atoms with Gasteiger partial charge in [-0.3, -0.25) is 4.90 Å². The van der Waals surface area contributed by atoms with Gasteiger partial charge in [-0.2, -0.15) is 0 Å². The van der Waals surface area contributed by atoms with Crippen LogP contribution in [-0.4, -0.2) is 61.5 Å². The number of hydrogen-bond acceptors (Lipinski definition) is 4. The third-order valence-corrected chi connectivity index (χ3v) is 7.05. The van der Waals surface area contributed by atoms with E-state index in [1.807, 2.05) is 6.07 Å². The van der Waals surface area contributed by atoms with E-state index in [0.29, 0.717) is 31.1 Å². The molecule has 0 radical (unpaired) electrons. The van der Waals surface area contributed by atoms with Crippen LogP contribution in [0, 0.1) is 24.7 Å². The first-order valence-electron chi connectivity index (χ1n) is 11.4. The molecule has 2 fully saturated rings. The predicted molar refractivity (Wildman–Crippen MR) is 122 cm³/mol. The lowest BCUT2D eigenvalue weighted by atomic mass is 9.75. The van der Waals surface area contributed by atoms with Gasteiger partial charge in [-0.25, -0.2) is 0 Å². The van der Waals surface area contributed by atoms with Crippen molar-refractivity contribution in [3.63, 3.8) is 0 Å². The molecule has 5 heteroatoms. The fraction of sp³-hybridized carbons (Fsp3) is 0.750. The normalized spacial score (nSPS) is 27.4. The molecule has 0 bridgehead atoms. The number of halogens is 1. The first kappa shape index (κ1) is 22.9. The van der Waals surface area contributed by atoms with Gasteiger partial charge in [-0.1, -0.05) is 44.9 Å². The average molecular weight is 423 g/mol. The Morgan fingerprint density at radius 1 is 1.17 bits per heavy atom. The molecule has 1 saturated heterocycles. The molecular formula is C24H39ClN2O2. The number of rotatable bonds is 7. The van der Waals surface area contributed by atoms with E-state index < -0.39 is 6.10 Å². The van der Waals surface area contributed by atoms with E-state index in [1.165, 1.54) is 24.1 Å². The Balaban J connectivity index is 1.43. The van der Waals surface area contributed by atoms with Crippen LogP contribution in [0.2, 0.25) is 5.02 Å². The summed E-state index contributed by atoms with van der Waals surface area (Å²) >= 11 is 6.19. The molecule has 1 aliphatic heterocycles. The lowest BCUT2D eigenvalue weighted by Gasteiger charge is -2.39. The van der Waals surface area contributed by atoms with Crippen LogP contribution in [0.25, 0.3) is 0 Å². The van der Waals surface area contributed by atoms with Gasteiger partial charge in [0.05, 0.1) is 18.8 Å². The van der Waals surface area contributed by atoms with E-state index in [1.54, 1.807) is 0 Å². The molecule has 1 N–H and O–H groups in total. The quantitative estimate of drug-likeness (QED) is 0.696. The van der Waals surface area contributed by atoms with Crippen molar-refractivity contribution >= 4 is 17.3 Å². The fourth-order valence-electron chi connectivity index (χ4n) is 4.99. The summed E-state index contributed by atoms with van der Waals surface area (Å²) in [6, 6.07) is 6.09. The molecule has 164 valence electrons. The number of benzene rings is 1. The molecule has 0 amide bonds. The van der Waals surface area contributed by atoms with Gasteiger partial charge in [0.2, 0.25) is 0 Å². The van der Waals surface area contributed by atoms with E-state index in [2.05, 4.69) is 49.6 Å². The van der Waals surface area contributed by atoms with Crippen molar-refractivity contribution in [3.05, 3.63) is 28.8 Å². The monoisotopic (exact) mass is 422 g/mol. The van der Waals surface area contributed by atoms with Gasteiger partial charge in [-0.15, -0.1) is 0 Å². The first-order chi connectivity index (χ1) is 13.8. The summed E-state index contributed by atoms with van der Waals surface area (Å²) in [7, 11) is 0. The molecule has 2 aliphatic rings. The molecule has 1 aromatic carbocycles. The predicted octanol–water partition coefficient (Wildman–Crippen LogP) is 4.61. The topological polar surface area (TPSA) is 35.9 Å². The Morgan fingerprint density at radius 2 is 1.90 bits per heavy atom. The van der Waals surface area contributed by atoms with Gasteiger partial charge in [0.15, 0.2) is 0 Å². The molecule has 1 aliphatic carbocycles. The van der Waals surface area contributed by atoms with E-state index in [4.69, 9.17) is 16.3 Å². The average Bonchev–Trinajstić information content (AvgIpc) is 2.69. The smallest absolute Gasteiger partial charge is 0.0900 e. The van der Waals surface area contributed by atoms with Crippen molar-refractivity contribution in [2.45, 2.75) is 59.2 Å². The number of hydrogen-bond donors (Lipinski definition) is 1. The number of ether oxygens (including phenoxy) is 1. The Bertz CT molecular complexity index is 646. The second-order valence-corrected chi connectivity index (χ2v) is 10.0. The minimum atomic E-state index is -0.417. The zero-order valence-electron chi connectivity index (χ0n) is 18.6. The highest BCUT2D eigenvalue weighted by molar-refractivity contribution is 6.30. The standard InChI is InChI=1S/C24H39ClN2O2/c1-17(2)22-8-5-18(3)13-24(22)29-16-21(28)15-26-9-11-27(12-10-26)23-14-20(25)7-6-19(23)4/h6-7,14,17-18,21-22,24,28H,5,8-13,15-16H2,1-4H3/t18-,21+,22+,24+/m0/s1. The van der Waals surface area contributed by atoms with E-state index in [9.17, 15) is 5.11 Å². The van der Waals surface area contributed by atoms with E-state index >= 15 is 0 Å². The SMILES string of the molecule is Cc1ccc(Cl)cc1N1CCN(C[C@@H](O)CO[C@@H]2C[C@@H](C)CC[C@@H]2C(C)C)CC1. The second-order valence-electron chi connectivity index (χ2n) is 9.57. The van der Waals surface area contributed by atoms with Crippen molar-refractivity contribution in [1.82, 2.24) is 4.90 Å². The van der Waals surface area contributed by atoms with Crippen molar-refractivity contribution < 1.29 is 9.84 Å². The number of β-amino-alcohol motifs (C(OH)–C–C–N with tert-alkyl or cyclic N) is 1. The van der Waals surface area contributed by atoms with Gasteiger partial charge < -0.3 is 14.7 Å². The van der Waals surface area contributed by atoms with Crippen LogP contribution in [-0.2, 0) is 4.74 Å². The maximum atomic E-state index is 10.6. The Morgan fingerprint density at radius 3 is 2.59 bits per heavy atom. The molecule has 1 saturated carbocycles. The lowest BCUT2D eigenvalue weighted by Crippen LogP contribution is -2.49. The highest BCUT2D eigenvalue weighted by atomic mass is 35.5. The minimum absolute atomic E-state index is 0.302.